The molecular formula is C15H16ClNO3S. The summed E-state index contributed by atoms with van der Waals surface area (Å²) >= 11 is 5.78. The minimum atomic E-state index is -3.61. The van der Waals surface area contributed by atoms with Gasteiger partial charge in [0.2, 0.25) is 10.0 Å². The Morgan fingerprint density at radius 3 is 2.48 bits per heavy atom. The molecule has 0 aliphatic rings. The van der Waals surface area contributed by atoms with E-state index in [2.05, 4.69) is 4.72 Å². The third-order valence-electron chi connectivity index (χ3n) is 3.00. The van der Waals surface area contributed by atoms with Gasteiger partial charge in [0.25, 0.3) is 0 Å². The number of sulfonamides is 1. The van der Waals surface area contributed by atoms with Crippen LogP contribution in [0.2, 0.25) is 5.02 Å². The van der Waals surface area contributed by atoms with Gasteiger partial charge in [0, 0.05) is 11.6 Å². The Morgan fingerprint density at radius 2 is 1.81 bits per heavy atom. The van der Waals surface area contributed by atoms with Crippen molar-refractivity contribution in [3.05, 3.63) is 65.2 Å². The summed E-state index contributed by atoms with van der Waals surface area (Å²) in [5.41, 5.74) is 0.763. The fourth-order valence-corrected chi connectivity index (χ4v) is 3.24. The fraction of sp³-hybridized carbons (Fsp3) is 0.200. The molecule has 1 atom stereocenters. The Hall–Kier alpha value is -1.40. The van der Waals surface area contributed by atoms with Gasteiger partial charge in [0.15, 0.2) is 0 Å². The molecule has 21 heavy (non-hydrogen) atoms. The Kier molecular flexibility index (Phi) is 5.36. The van der Waals surface area contributed by atoms with Gasteiger partial charge in [0.05, 0.1) is 11.0 Å². The van der Waals surface area contributed by atoms with E-state index in [1.807, 2.05) is 18.2 Å². The molecule has 0 bridgehead atoms. The molecule has 0 spiro atoms. The molecule has 4 nitrogen and oxygen atoms in total. The summed E-state index contributed by atoms with van der Waals surface area (Å²) in [7, 11) is -3.61. The van der Waals surface area contributed by atoms with Crippen molar-refractivity contribution < 1.29 is 13.5 Å². The van der Waals surface area contributed by atoms with E-state index in [0.29, 0.717) is 11.4 Å². The molecule has 0 saturated heterocycles. The highest BCUT2D eigenvalue weighted by Gasteiger charge is 2.15. The lowest BCUT2D eigenvalue weighted by Gasteiger charge is -2.12. The first kappa shape index (κ1) is 16.0. The Bertz CT molecular complexity index is 689. The molecule has 0 saturated carbocycles. The van der Waals surface area contributed by atoms with Crippen LogP contribution in [-0.2, 0) is 10.0 Å². The van der Waals surface area contributed by atoms with Crippen LogP contribution >= 0.6 is 11.6 Å². The maximum Gasteiger partial charge on any atom is 0.240 e. The van der Waals surface area contributed by atoms with Crippen molar-refractivity contribution in [1.29, 1.82) is 0 Å². The van der Waals surface area contributed by atoms with Crippen molar-refractivity contribution in [3.63, 3.8) is 0 Å². The van der Waals surface area contributed by atoms with Gasteiger partial charge in [-0.25, -0.2) is 13.1 Å². The standard InChI is InChI=1S/C15H16ClNO3S/c16-13-7-4-8-14(11-13)21(19,20)17-10-9-15(18)12-5-2-1-3-6-12/h1-8,11,15,17-18H,9-10H2. The van der Waals surface area contributed by atoms with Crippen molar-refractivity contribution in [1.82, 2.24) is 4.72 Å². The van der Waals surface area contributed by atoms with E-state index >= 15 is 0 Å². The van der Waals surface area contributed by atoms with Crippen LogP contribution in [0.15, 0.2) is 59.5 Å². The zero-order chi connectivity index (χ0) is 15.3. The molecule has 2 aromatic carbocycles. The van der Waals surface area contributed by atoms with E-state index in [0.717, 1.165) is 5.56 Å². The summed E-state index contributed by atoms with van der Waals surface area (Å²) < 4.78 is 26.6. The average molecular weight is 326 g/mol. The molecule has 0 heterocycles. The summed E-state index contributed by atoms with van der Waals surface area (Å²) in [6, 6.07) is 15.2. The summed E-state index contributed by atoms with van der Waals surface area (Å²) in [4.78, 5) is 0.115. The quantitative estimate of drug-likeness (QED) is 0.858. The van der Waals surface area contributed by atoms with Gasteiger partial charge < -0.3 is 5.11 Å². The number of nitrogens with one attached hydrogen (secondary N) is 1. The first-order valence-electron chi connectivity index (χ1n) is 6.47. The second-order valence-corrected chi connectivity index (χ2v) is 6.77. The van der Waals surface area contributed by atoms with Crippen LogP contribution in [0.1, 0.15) is 18.1 Å². The molecule has 0 aromatic heterocycles. The first-order valence-corrected chi connectivity index (χ1v) is 8.33. The molecule has 112 valence electrons. The number of hydrogen-bond acceptors (Lipinski definition) is 3. The summed E-state index contributed by atoms with van der Waals surface area (Å²) in [6.07, 6.45) is -0.405. The van der Waals surface area contributed by atoms with E-state index in [1.54, 1.807) is 24.3 Å². The molecule has 0 aliphatic carbocycles. The Balaban J connectivity index is 1.94. The molecule has 0 aliphatic heterocycles. The third-order valence-corrected chi connectivity index (χ3v) is 4.69. The van der Waals surface area contributed by atoms with Gasteiger partial charge in [-0.2, -0.15) is 0 Å². The van der Waals surface area contributed by atoms with Crippen LogP contribution in [0.5, 0.6) is 0 Å². The van der Waals surface area contributed by atoms with Crippen molar-refractivity contribution in [2.45, 2.75) is 17.4 Å². The first-order chi connectivity index (χ1) is 9.99. The minimum Gasteiger partial charge on any atom is -0.388 e. The number of hydrogen-bond donors (Lipinski definition) is 2. The zero-order valence-corrected chi connectivity index (χ0v) is 12.8. The topological polar surface area (TPSA) is 66.4 Å². The summed E-state index contributed by atoms with van der Waals surface area (Å²) in [5.74, 6) is 0. The van der Waals surface area contributed by atoms with Gasteiger partial charge >= 0.3 is 0 Å². The molecule has 0 amide bonds. The van der Waals surface area contributed by atoms with Crippen LogP contribution in [0.4, 0.5) is 0 Å². The van der Waals surface area contributed by atoms with Crippen LogP contribution in [0.25, 0.3) is 0 Å². The van der Waals surface area contributed by atoms with E-state index in [-0.39, 0.29) is 11.4 Å². The summed E-state index contributed by atoms with van der Waals surface area (Å²) in [5, 5.41) is 10.3. The van der Waals surface area contributed by atoms with E-state index in [4.69, 9.17) is 11.6 Å². The molecule has 1 unspecified atom stereocenters. The van der Waals surface area contributed by atoms with Crippen LogP contribution in [-0.4, -0.2) is 20.1 Å². The zero-order valence-electron chi connectivity index (χ0n) is 11.2. The second kappa shape index (κ2) is 7.04. The number of benzene rings is 2. The van der Waals surface area contributed by atoms with Gasteiger partial charge in [-0.15, -0.1) is 0 Å². The predicted octanol–water partition coefficient (Wildman–Crippen LogP) is 2.74. The largest absolute Gasteiger partial charge is 0.388 e. The van der Waals surface area contributed by atoms with Crippen molar-refractivity contribution in [3.8, 4) is 0 Å². The lowest BCUT2D eigenvalue weighted by Crippen LogP contribution is -2.26. The highest BCUT2D eigenvalue weighted by molar-refractivity contribution is 7.89. The Morgan fingerprint density at radius 1 is 1.10 bits per heavy atom. The van der Waals surface area contributed by atoms with Gasteiger partial charge in [-0.05, 0) is 30.2 Å². The number of aliphatic hydroxyl groups excluding tert-OH is 1. The monoisotopic (exact) mass is 325 g/mol. The lowest BCUT2D eigenvalue weighted by atomic mass is 10.1. The second-order valence-electron chi connectivity index (χ2n) is 4.57. The Labute approximate surface area is 129 Å². The van der Waals surface area contributed by atoms with Gasteiger partial charge in [-0.3, -0.25) is 0 Å². The maximum atomic E-state index is 12.1. The average Bonchev–Trinajstić information content (AvgIpc) is 2.48. The molecule has 2 N–H and O–H groups in total. The molecule has 2 rings (SSSR count). The smallest absolute Gasteiger partial charge is 0.240 e. The fourth-order valence-electron chi connectivity index (χ4n) is 1.89. The molecular weight excluding hydrogens is 310 g/mol. The normalized spacial score (nSPS) is 13.0. The SMILES string of the molecule is O=S(=O)(NCCC(O)c1ccccc1)c1cccc(Cl)c1. The number of aliphatic hydroxyl groups is 1. The number of rotatable bonds is 6. The molecule has 0 radical (unpaired) electrons. The van der Waals surface area contributed by atoms with Gasteiger partial charge in [-0.1, -0.05) is 48.0 Å². The van der Waals surface area contributed by atoms with E-state index < -0.39 is 16.1 Å². The van der Waals surface area contributed by atoms with Crippen molar-refractivity contribution >= 4 is 21.6 Å². The maximum absolute atomic E-state index is 12.1. The van der Waals surface area contributed by atoms with Crippen LogP contribution in [0.3, 0.4) is 0 Å². The minimum absolute atomic E-state index is 0.115. The third kappa shape index (κ3) is 4.54. The molecule has 0 fully saturated rings. The van der Waals surface area contributed by atoms with Crippen LogP contribution < -0.4 is 4.72 Å². The summed E-state index contributed by atoms with van der Waals surface area (Å²) in [6.45, 7) is 0.144. The predicted molar refractivity (Wildman–Crippen MR) is 82.7 cm³/mol. The highest BCUT2D eigenvalue weighted by atomic mass is 35.5. The highest BCUT2D eigenvalue weighted by Crippen LogP contribution is 2.17. The van der Waals surface area contributed by atoms with Crippen molar-refractivity contribution in [2.75, 3.05) is 6.54 Å². The number of halogens is 1. The van der Waals surface area contributed by atoms with Gasteiger partial charge in [0.1, 0.15) is 0 Å². The van der Waals surface area contributed by atoms with E-state index in [1.165, 1.54) is 12.1 Å². The molecule has 6 heteroatoms. The lowest BCUT2D eigenvalue weighted by molar-refractivity contribution is 0.169. The molecule has 2 aromatic rings. The van der Waals surface area contributed by atoms with Crippen LogP contribution in [0, 0.1) is 0 Å². The van der Waals surface area contributed by atoms with Crippen molar-refractivity contribution in [2.24, 2.45) is 0 Å². The van der Waals surface area contributed by atoms with E-state index in [9.17, 15) is 13.5 Å².